The van der Waals surface area contributed by atoms with E-state index in [-0.39, 0.29) is 11.5 Å². The third-order valence-corrected chi connectivity index (χ3v) is 2.00. The Kier molecular flexibility index (Phi) is 2.61. The highest BCUT2D eigenvalue weighted by Gasteiger charge is 2.25. The lowest BCUT2D eigenvalue weighted by molar-refractivity contribution is 0.509. The molecule has 0 atom stereocenters. The Hall–Kier alpha value is -1.37. The standard InChI is InChI=1S/C10H16N4/c1-7(2)14-8(6-11)9(12-13-14)10(3,4)5/h7H,1-5H3. The van der Waals surface area contributed by atoms with Gasteiger partial charge in [0.25, 0.3) is 0 Å². The van der Waals surface area contributed by atoms with Crippen LogP contribution in [0.3, 0.4) is 0 Å². The van der Waals surface area contributed by atoms with Crippen LogP contribution in [0.15, 0.2) is 0 Å². The monoisotopic (exact) mass is 192 g/mol. The number of aromatic nitrogens is 3. The molecule has 0 spiro atoms. The minimum absolute atomic E-state index is 0.127. The molecule has 0 saturated carbocycles. The van der Waals surface area contributed by atoms with E-state index in [0.717, 1.165) is 5.69 Å². The van der Waals surface area contributed by atoms with Gasteiger partial charge in [-0.2, -0.15) is 5.26 Å². The first-order valence-electron chi connectivity index (χ1n) is 4.73. The van der Waals surface area contributed by atoms with Gasteiger partial charge >= 0.3 is 0 Å². The van der Waals surface area contributed by atoms with Crippen molar-refractivity contribution in [3.8, 4) is 6.07 Å². The number of rotatable bonds is 1. The molecule has 0 amide bonds. The van der Waals surface area contributed by atoms with Crippen LogP contribution >= 0.6 is 0 Å². The Balaban J connectivity index is 3.30. The Labute approximate surface area is 84.5 Å². The average Bonchev–Trinajstić information content (AvgIpc) is 2.45. The van der Waals surface area contributed by atoms with Crippen LogP contribution in [-0.4, -0.2) is 15.0 Å². The summed E-state index contributed by atoms with van der Waals surface area (Å²) < 4.78 is 1.67. The first-order valence-corrected chi connectivity index (χ1v) is 4.73. The van der Waals surface area contributed by atoms with E-state index < -0.39 is 0 Å². The lowest BCUT2D eigenvalue weighted by atomic mass is 9.91. The van der Waals surface area contributed by atoms with Crippen molar-refractivity contribution in [1.82, 2.24) is 15.0 Å². The van der Waals surface area contributed by atoms with E-state index in [9.17, 15) is 0 Å². The normalized spacial score (nSPS) is 11.8. The largest absolute Gasteiger partial charge is 0.232 e. The number of hydrogen-bond donors (Lipinski definition) is 0. The second-order valence-electron chi connectivity index (χ2n) is 4.69. The van der Waals surface area contributed by atoms with E-state index in [2.05, 4.69) is 16.4 Å². The van der Waals surface area contributed by atoms with Crippen molar-refractivity contribution >= 4 is 0 Å². The van der Waals surface area contributed by atoms with Crippen molar-refractivity contribution in [2.45, 2.75) is 46.1 Å². The fraction of sp³-hybridized carbons (Fsp3) is 0.700. The second kappa shape index (κ2) is 3.41. The Morgan fingerprint density at radius 2 is 1.93 bits per heavy atom. The lowest BCUT2D eigenvalue weighted by Crippen LogP contribution is -2.15. The summed E-state index contributed by atoms with van der Waals surface area (Å²) in [6, 6.07) is 2.34. The van der Waals surface area contributed by atoms with E-state index in [4.69, 9.17) is 5.26 Å². The van der Waals surface area contributed by atoms with Gasteiger partial charge in [-0.3, -0.25) is 0 Å². The molecule has 0 unspecified atom stereocenters. The number of nitrogens with zero attached hydrogens (tertiary/aromatic N) is 4. The van der Waals surface area contributed by atoms with Gasteiger partial charge in [0.05, 0.1) is 0 Å². The quantitative estimate of drug-likeness (QED) is 0.684. The minimum Gasteiger partial charge on any atom is -0.232 e. The molecule has 1 aromatic rings. The molecule has 0 radical (unpaired) electrons. The number of hydrogen-bond acceptors (Lipinski definition) is 3. The summed E-state index contributed by atoms with van der Waals surface area (Å²) in [5.41, 5.74) is 1.22. The third kappa shape index (κ3) is 1.77. The summed E-state index contributed by atoms with van der Waals surface area (Å²) in [4.78, 5) is 0. The smallest absolute Gasteiger partial charge is 0.162 e. The van der Waals surface area contributed by atoms with Crippen LogP contribution in [0, 0.1) is 11.3 Å². The molecule has 76 valence electrons. The number of nitriles is 1. The highest BCUT2D eigenvalue weighted by atomic mass is 15.4. The van der Waals surface area contributed by atoms with E-state index >= 15 is 0 Å². The van der Waals surface area contributed by atoms with Gasteiger partial charge in [0, 0.05) is 11.5 Å². The molecular formula is C10H16N4. The molecule has 0 fully saturated rings. The van der Waals surface area contributed by atoms with Crippen LogP contribution in [0.5, 0.6) is 0 Å². The van der Waals surface area contributed by atoms with Gasteiger partial charge in [0.15, 0.2) is 5.69 Å². The van der Waals surface area contributed by atoms with Crippen molar-refractivity contribution in [3.05, 3.63) is 11.4 Å². The first kappa shape index (κ1) is 10.7. The van der Waals surface area contributed by atoms with Crippen molar-refractivity contribution < 1.29 is 0 Å². The van der Waals surface area contributed by atoms with Crippen LogP contribution in [-0.2, 0) is 5.41 Å². The van der Waals surface area contributed by atoms with Gasteiger partial charge in [0.2, 0.25) is 0 Å². The summed E-state index contributed by atoms with van der Waals surface area (Å²) in [7, 11) is 0. The molecule has 0 N–H and O–H groups in total. The highest BCUT2D eigenvalue weighted by Crippen LogP contribution is 2.24. The summed E-state index contributed by atoms with van der Waals surface area (Å²) in [6.45, 7) is 10.1. The zero-order chi connectivity index (χ0) is 10.9. The Bertz CT molecular complexity index is 362. The molecular weight excluding hydrogens is 176 g/mol. The topological polar surface area (TPSA) is 54.5 Å². The van der Waals surface area contributed by atoms with Gasteiger partial charge in [-0.1, -0.05) is 26.0 Å². The maximum atomic E-state index is 9.05. The third-order valence-electron chi connectivity index (χ3n) is 2.00. The van der Waals surface area contributed by atoms with E-state index in [1.807, 2.05) is 34.6 Å². The van der Waals surface area contributed by atoms with Gasteiger partial charge in [-0.25, -0.2) is 4.68 Å². The van der Waals surface area contributed by atoms with Gasteiger partial charge in [-0.05, 0) is 13.8 Å². The zero-order valence-electron chi connectivity index (χ0n) is 9.37. The molecule has 4 nitrogen and oxygen atoms in total. The molecule has 1 aromatic heterocycles. The van der Waals surface area contributed by atoms with E-state index in [1.54, 1.807) is 4.68 Å². The molecule has 0 bridgehead atoms. The molecule has 14 heavy (non-hydrogen) atoms. The summed E-state index contributed by atoms with van der Waals surface area (Å²) >= 11 is 0. The van der Waals surface area contributed by atoms with Crippen LogP contribution in [0.25, 0.3) is 0 Å². The maximum Gasteiger partial charge on any atom is 0.162 e. The predicted octanol–water partition coefficient (Wildman–Crippen LogP) is 2.03. The fourth-order valence-corrected chi connectivity index (χ4v) is 1.26. The molecule has 0 aliphatic carbocycles. The fourth-order valence-electron chi connectivity index (χ4n) is 1.26. The molecule has 0 saturated heterocycles. The molecule has 0 aromatic carbocycles. The average molecular weight is 192 g/mol. The predicted molar refractivity (Wildman–Crippen MR) is 53.8 cm³/mol. The van der Waals surface area contributed by atoms with Crippen LogP contribution in [0.1, 0.15) is 52.0 Å². The zero-order valence-corrected chi connectivity index (χ0v) is 9.37. The summed E-state index contributed by atoms with van der Waals surface area (Å²) in [6.07, 6.45) is 0. The van der Waals surface area contributed by atoms with Crippen LogP contribution in [0.2, 0.25) is 0 Å². The van der Waals surface area contributed by atoms with Gasteiger partial charge in [0.1, 0.15) is 11.8 Å². The minimum atomic E-state index is -0.127. The summed E-state index contributed by atoms with van der Waals surface area (Å²) in [5, 5.41) is 17.1. The Morgan fingerprint density at radius 3 is 2.29 bits per heavy atom. The van der Waals surface area contributed by atoms with E-state index in [0.29, 0.717) is 5.69 Å². The van der Waals surface area contributed by atoms with Crippen LogP contribution < -0.4 is 0 Å². The van der Waals surface area contributed by atoms with Crippen molar-refractivity contribution in [2.24, 2.45) is 0 Å². The SMILES string of the molecule is CC(C)n1nnc(C(C)(C)C)c1C#N. The maximum absolute atomic E-state index is 9.05. The van der Waals surface area contributed by atoms with E-state index in [1.165, 1.54) is 0 Å². The molecule has 0 aliphatic heterocycles. The van der Waals surface area contributed by atoms with Crippen molar-refractivity contribution in [3.63, 3.8) is 0 Å². The summed E-state index contributed by atoms with van der Waals surface area (Å²) in [5.74, 6) is 0. The molecule has 0 aliphatic rings. The van der Waals surface area contributed by atoms with Crippen molar-refractivity contribution in [2.75, 3.05) is 0 Å². The van der Waals surface area contributed by atoms with Crippen LogP contribution in [0.4, 0.5) is 0 Å². The lowest BCUT2D eigenvalue weighted by Gasteiger charge is -2.15. The molecule has 4 heteroatoms. The van der Waals surface area contributed by atoms with Crippen molar-refractivity contribution in [1.29, 1.82) is 5.26 Å². The van der Waals surface area contributed by atoms with Gasteiger partial charge in [-0.15, -0.1) is 5.10 Å². The second-order valence-corrected chi connectivity index (χ2v) is 4.69. The first-order chi connectivity index (χ1) is 6.38. The Morgan fingerprint density at radius 1 is 1.36 bits per heavy atom. The molecule has 1 heterocycles. The van der Waals surface area contributed by atoms with Gasteiger partial charge < -0.3 is 0 Å². The molecule has 1 rings (SSSR count). The highest BCUT2D eigenvalue weighted by molar-refractivity contribution is 5.30.